The van der Waals surface area contributed by atoms with Crippen LogP contribution in [0.25, 0.3) is 11.1 Å². The maximum absolute atomic E-state index is 13.1. The molecule has 0 fully saturated rings. The summed E-state index contributed by atoms with van der Waals surface area (Å²) in [6.07, 6.45) is -8.37. The molecule has 3 aromatic rings. The molecule has 1 aromatic heterocycles. The van der Waals surface area contributed by atoms with Crippen molar-refractivity contribution in [3.05, 3.63) is 77.1 Å². The first-order valence-corrected chi connectivity index (χ1v) is 10.0. The lowest BCUT2D eigenvalue weighted by Crippen LogP contribution is -2.20. The number of halogens is 6. The topological polar surface area (TPSA) is 51.2 Å². The zero-order chi connectivity index (χ0) is 25.3. The minimum absolute atomic E-state index is 0.0263. The lowest BCUT2D eigenvalue weighted by atomic mass is 9.95. The number of carbonyl (C=O) groups excluding carboxylic acids is 1. The summed E-state index contributed by atoms with van der Waals surface area (Å²) >= 11 is 0. The highest BCUT2D eigenvalue weighted by atomic mass is 19.4. The van der Waals surface area contributed by atoms with Gasteiger partial charge in [0.25, 0.3) is 0 Å². The Kier molecular flexibility index (Phi) is 6.90. The van der Waals surface area contributed by atoms with E-state index >= 15 is 0 Å². The van der Waals surface area contributed by atoms with Gasteiger partial charge in [0, 0.05) is 29.2 Å². The largest absolute Gasteiger partial charge is 0.496 e. The Morgan fingerprint density at radius 3 is 2.09 bits per heavy atom. The highest BCUT2D eigenvalue weighted by Gasteiger charge is 2.37. The quantitative estimate of drug-likeness (QED) is 0.405. The van der Waals surface area contributed by atoms with Crippen LogP contribution in [0.1, 0.15) is 35.2 Å². The lowest BCUT2D eigenvalue weighted by Gasteiger charge is -2.18. The number of alkyl halides is 6. The van der Waals surface area contributed by atoms with Gasteiger partial charge in [-0.15, -0.1) is 0 Å². The van der Waals surface area contributed by atoms with Gasteiger partial charge in [0.2, 0.25) is 5.91 Å². The predicted molar refractivity (Wildman–Crippen MR) is 114 cm³/mol. The second kappa shape index (κ2) is 9.36. The highest BCUT2D eigenvalue weighted by Crippen LogP contribution is 2.38. The van der Waals surface area contributed by atoms with Crippen molar-refractivity contribution in [3.8, 4) is 16.9 Å². The van der Waals surface area contributed by atoms with Gasteiger partial charge in [-0.1, -0.05) is 0 Å². The van der Waals surface area contributed by atoms with Crippen LogP contribution in [0.2, 0.25) is 0 Å². The van der Waals surface area contributed by atoms with Crippen LogP contribution in [0, 0.1) is 6.92 Å². The number of ether oxygens (including phenoxy) is 1. The molecule has 4 nitrogen and oxygen atoms in total. The second-order valence-electron chi connectivity index (χ2n) is 7.65. The van der Waals surface area contributed by atoms with E-state index in [1.807, 2.05) is 13.0 Å². The average molecular weight is 482 g/mol. The normalized spacial score (nSPS) is 12.9. The summed E-state index contributed by atoms with van der Waals surface area (Å²) in [7, 11) is 1.43. The van der Waals surface area contributed by atoms with Crippen LogP contribution < -0.4 is 10.1 Å². The molecule has 180 valence electrons. The molecule has 3 rings (SSSR count). The Bertz CT molecular complexity index is 1170. The third-order valence-corrected chi connectivity index (χ3v) is 5.18. The summed E-state index contributed by atoms with van der Waals surface area (Å²) in [6.45, 7) is 3.06. The molecule has 0 spiro atoms. The van der Waals surface area contributed by atoms with E-state index in [0.717, 1.165) is 11.3 Å². The minimum atomic E-state index is -5.00. The third kappa shape index (κ3) is 5.67. The van der Waals surface area contributed by atoms with Gasteiger partial charge in [-0.05, 0) is 67.4 Å². The van der Waals surface area contributed by atoms with Gasteiger partial charge < -0.3 is 10.1 Å². The summed E-state index contributed by atoms with van der Waals surface area (Å²) in [6, 6.07) is 9.50. The van der Waals surface area contributed by atoms with Crippen molar-refractivity contribution < 1.29 is 35.9 Å². The van der Waals surface area contributed by atoms with Crippen LogP contribution in [0.4, 0.5) is 32.0 Å². The number of anilines is 1. The number of nitrogens with zero attached hydrogens (tertiary/aromatic N) is 1. The number of hydrogen-bond donors (Lipinski definition) is 1. The molecule has 1 heterocycles. The summed E-state index contributed by atoms with van der Waals surface area (Å²) in [5.41, 5.74) is -0.774. The molecule has 0 aliphatic heterocycles. The number of pyridine rings is 1. The van der Waals surface area contributed by atoms with Gasteiger partial charge in [-0.2, -0.15) is 26.3 Å². The van der Waals surface area contributed by atoms with Crippen LogP contribution >= 0.6 is 0 Å². The van der Waals surface area contributed by atoms with Gasteiger partial charge >= 0.3 is 12.4 Å². The summed E-state index contributed by atoms with van der Waals surface area (Å²) < 4.78 is 84.3. The SMILES string of the molecule is COc1cc(NC(=O)[C@H](C)c2cc(C(F)(F)F)cc(C(F)(F)F)c2)ccc1-c1ccnc(C)c1. The number of methoxy groups -OCH3 is 1. The van der Waals surface area contributed by atoms with E-state index < -0.39 is 40.9 Å². The van der Waals surface area contributed by atoms with Crippen LogP contribution in [0.15, 0.2) is 54.7 Å². The van der Waals surface area contributed by atoms with E-state index in [1.54, 1.807) is 24.4 Å². The van der Waals surface area contributed by atoms with Gasteiger partial charge in [-0.3, -0.25) is 9.78 Å². The first kappa shape index (κ1) is 25.1. The molecule has 34 heavy (non-hydrogen) atoms. The smallest absolute Gasteiger partial charge is 0.416 e. The number of nitrogens with one attached hydrogen (secondary N) is 1. The van der Waals surface area contributed by atoms with Gasteiger partial charge in [0.1, 0.15) is 5.75 Å². The second-order valence-corrected chi connectivity index (χ2v) is 7.65. The van der Waals surface area contributed by atoms with E-state index in [0.29, 0.717) is 23.4 Å². The van der Waals surface area contributed by atoms with Crippen molar-refractivity contribution in [2.24, 2.45) is 0 Å². The predicted octanol–water partition coefficient (Wildman–Crippen LogP) is 6.85. The Labute approximate surface area is 191 Å². The molecule has 0 bridgehead atoms. The molecular formula is C24H20F6N2O2. The Hall–Kier alpha value is -3.56. The Balaban J connectivity index is 1.90. The molecule has 0 saturated carbocycles. The zero-order valence-corrected chi connectivity index (χ0v) is 18.3. The Morgan fingerprint density at radius 1 is 0.941 bits per heavy atom. The molecule has 2 aromatic carbocycles. The van der Waals surface area contributed by atoms with Crippen molar-refractivity contribution in [1.82, 2.24) is 4.98 Å². The van der Waals surface area contributed by atoms with Gasteiger partial charge in [-0.25, -0.2) is 0 Å². The minimum Gasteiger partial charge on any atom is -0.496 e. The Morgan fingerprint density at radius 2 is 1.56 bits per heavy atom. The molecule has 0 saturated heterocycles. The number of aryl methyl sites for hydroxylation is 1. The molecular weight excluding hydrogens is 462 g/mol. The molecule has 0 radical (unpaired) electrons. The fourth-order valence-electron chi connectivity index (χ4n) is 3.35. The summed E-state index contributed by atoms with van der Waals surface area (Å²) in [4.78, 5) is 16.8. The van der Waals surface area contributed by atoms with Crippen molar-refractivity contribution in [2.75, 3.05) is 12.4 Å². The molecule has 1 amide bonds. The van der Waals surface area contributed by atoms with Crippen molar-refractivity contribution in [3.63, 3.8) is 0 Å². The maximum atomic E-state index is 13.1. The number of carbonyl (C=O) groups is 1. The number of rotatable bonds is 5. The van der Waals surface area contributed by atoms with Crippen LogP contribution in [-0.4, -0.2) is 18.0 Å². The summed E-state index contributed by atoms with van der Waals surface area (Å²) in [5, 5.41) is 2.53. The summed E-state index contributed by atoms with van der Waals surface area (Å²) in [5.74, 6) is -1.66. The number of aromatic nitrogens is 1. The monoisotopic (exact) mass is 482 g/mol. The maximum Gasteiger partial charge on any atom is 0.416 e. The van der Waals surface area contributed by atoms with Crippen LogP contribution in [-0.2, 0) is 17.1 Å². The van der Waals surface area contributed by atoms with E-state index in [2.05, 4.69) is 10.3 Å². The lowest BCUT2D eigenvalue weighted by molar-refractivity contribution is -0.143. The fraction of sp³-hybridized carbons (Fsp3) is 0.250. The standard InChI is InChI=1S/C24H20F6N2O2/c1-13-8-15(6-7-31-13)20-5-4-19(12-21(20)34-3)32-22(33)14(2)16-9-17(23(25,26)27)11-18(10-16)24(28,29)30/h4-12,14H,1-3H3,(H,32,33)/t14-/m1/s1. The van der Waals surface area contributed by atoms with E-state index in [1.165, 1.54) is 20.1 Å². The van der Waals surface area contributed by atoms with Crippen LogP contribution in [0.5, 0.6) is 5.75 Å². The first-order chi connectivity index (χ1) is 15.8. The van der Waals surface area contributed by atoms with Crippen molar-refractivity contribution in [1.29, 1.82) is 0 Å². The van der Waals surface area contributed by atoms with Crippen LogP contribution in [0.3, 0.4) is 0 Å². The number of hydrogen-bond acceptors (Lipinski definition) is 3. The van der Waals surface area contributed by atoms with E-state index in [9.17, 15) is 31.1 Å². The van der Waals surface area contributed by atoms with Gasteiger partial charge in [0.05, 0.1) is 24.2 Å². The molecule has 10 heteroatoms. The average Bonchev–Trinajstić information content (AvgIpc) is 2.77. The van der Waals surface area contributed by atoms with Crippen molar-refractivity contribution >= 4 is 11.6 Å². The molecule has 0 aliphatic carbocycles. The van der Waals surface area contributed by atoms with E-state index in [-0.39, 0.29) is 11.8 Å². The van der Waals surface area contributed by atoms with E-state index in [4.69, 9.17) is 4.74 Å². The van der Waals surface area contributed by atoms with Gasteiger partial charge in [0.15, 0.2) is 0 Å². The number of amides is 1. The number of benzene rings is 2. The molecule has 0 unspecified atom stereocenters. The highest BCUT2D eigenvalue weighted by molar-refractivity contribution is 5.96. The first-order valence-electron chi connectivity index (χ1n) is 10.0. The van der Waals surface area contributed by atoms with Crippen molar-refractivity contribution in [2.45, 2.75) is 32.1 Å². The fourth-order valence-corrected chi connectivity index (χ4v) is 3.35. The third-order valence-electron chi connectivity index (χ3n) is 5.18. The molecule has 1 atom stereocenters. The zero-order valence-electron chi connectivity index (χ0n) is 18.3. The molecule has 1 N–H and O–H groups in total. The molecule has 0 aliphatic rings.